The van der Waals surface area contributed by atoms with Crippen LogP contribution < -0.4 is 5.19 Å². The third-order valence-electron chi connectivity index (χ3n) is 1.25. The van der Waals surface area contributed by atoms with Gasteiger partial charge in [-0.1, -0.05) is 35.0 Å². The van der Waals surface area contributed by atoms with Gasteiger partial charge in [-0.25, -0.2) is 0 Å². The van der Waals surface area contributed by atoms with E-state index in [0.717, 1.165) is 0 Å². The van der Waals surface area contributed by atoms with E-state index in [1.165, 1.54) is 10.8 Å². The molecule has 0 aliphatic heterocycles. The van der Waals surface area contributed by atoms with E-state index in [-0.39, 0.29) is 9.28 Å². The highest BCUT2D eigenvalue weighted by Gasteiger charge is 1.92. The molecule has 0 fully saturated rings. The van der Waals surface area contributed by atoms with Crippen LogP contribution in [0.4, 0.5) is 0 Å². The first-order chi connectivity index (χ1) is 4.83. The van der Waals surface area contributed by atoms with Crippen molar-refractivity contribution in [2.45, 2.75) is 6.92 Å². The maximum Gasteiger partial charge on any atom is 0.207 e. The van der Waals surface area contributed by atoms with E-state index in [2.05, 4.69) is 31.2 Å². The highest BCUT2D eigenvalue weighted by molar-refractivity contribution is 7.03. The summed E-state index contributed by atoms with van der Waals surface area (Å²) in [5, 5.41) is 1.24. The summed E-state index contributed by atoms with van der Waals surface area (Å²) in [6, 6.07) is 8.28. The quantitative estimate of drug-likeness (QED) is 0.603. The fourth-order valence-corrected chi connectivity index (χ4v) is 2.05. The van der Waals surface area contributed by atoms with Crippen molar-refractivity contribution < 1.29 is 4.80 Å². The number of rotatable bonds is 2. The third kappa shape index (κ3) is 2.09. The van der Waals surface area contributed by atoms with Crippen LogP contribution in [0.3, 0.4) is 0 Å². The molecule has 0 saturated heterocycles. The van der Waals surface area contributed by atoms with Gasteiger partial charge >= 0.3 is 0 Å². The summed E-state index contributed by atoms with van der Waals surface area (Å²) in [5.74, 6) is 0. The van der Waals surface area contributed by atoms with Gasteiger partial charge in [0, 0.05) is 0 Å². The van der Waals surface area contributed by atoms with Crippen molar-refractivity contribution in [1.29, 1.82) is 0 Å². The Kier molecular flexibility index (Phi) is 2.86. The molecule has 3 heteroatoms. The van der Waals surface area contributed by atoms with Crippen LogP contribution in [0.25, 0.3) is 0 Å². The van der Waals surface area contributed by atoms with Gasteiger partial charge in [-0.3, -0.25) is 0 Å². The van der Waals surface area contributed by atoms with Crippen molar-refractivity contribution in [1.82, 2.24) is 0 Å². The number of hydrogen-bond acceptors (Lipinski definition) is 1. The zero-order valence-corrected chi connectivity index (χ0v) is 7.76. The van der Waals surface area contributed by atoms with Crippen LogP contribution >= 0.6 is 0 Å². The summed E-state index contributed by atoms with van der Waals surface area (Å²) >= 11 is 0. The fraction of sp³-hybridized carbons (Fsp3) is 0.143. The molecular weight excluding hydrogens is 156 g/mol. The Hall–Kier alpha value is -0.386. The molecule has 0 aromatic heterocycles. The zero-order valence-electron chi connectivity index (χ0n) is 5.76. The minimum absolute atomic E-state index is 0.0598. The molecule has 4 radical (unpaired) electrons. The van der Waals surface area contributed by atoms with Crippen molar-refractivity contribution in [3.8, 4) is 0 Å². The standard InChI is InChI=1S/C7H8OSi2/c1-6-2-4-7(5-3-6)9-10-8/h2-5,8H,1H3. The molecule has 0 saturated carbocycles. The molecule has 1 aromatic rings. The smallest absolute Gasteiger partial charge is 0.207 e. The summed E-state index contributed by atoms with van der Waals surface area (Å²) < 4.78 is 0. The largest absolute Gasteiger partial charge is 0.436 e. The maximum atomic E-state index is 8.63. The first kappa shape index (κ1) is 7.72. The molecule has 1 N–H and O–H groups in total. The molecular formula is C7H8OSi2. The molecule has 1 rings (SSSR count). The SMILES string of the molecule is Cc1ccc([Si][Si]O)cc1. The van der Waals surface area contributed by atoms with Crippen LogP contribution in [-0.4, -0.2) is 23.1 Å². The van der Waals surface area contributed by atoms with Crippen molar-refractivity contribution in [3.05, 3.63) is 29.8 Å². The van der Waals surface area contributed by atoms with Crippen LogP contribution in [0.5, 0.6) is 0 Å². The first-order valence-corrected chi connectivity index (χ1v) is 5.99. The van der Waals surface area contributed by atoms with E-state index in [9.17, 15) is 0 Å². The summed E-state index contributed by atoms with van der Waals surface area (Å²) in [7, 11) is 0.627. The lowest BCUT2D eigenvalue weighted by atomic mass is 10.2. The summed E-state index contributed by atoms with van der Waals surface area (Å²) in [5.41, 5.74) is 1.27. The van der Waals surface area contributed by atoms with Crippen molar-refractivity contribution in [2.24, 2.45) is 0 Å². The second-order valence-corrected chi connectivity index (χ2v) is 4.57. The molecule has 0 spiro atoms. The molecule has 50 valence electrons. The molecule has 0 unspecified atom stereocenters. The van der Waals surface area contributed by atoms with Crippen LogP contribution in [0.15, 0.2) is 24.3 Å². The molecule has 10 heavy (non-hydrogen) atoms. The molecule has 0 bridgehead atoms. The Morgan fingerprint density at radius 3 is 2.30 bits per heavy atom. The Bertz CT molecular complexity index is 195. The topological polar surface area (TPSA) is 20.2 Å². The third-order valence-corrected chi connectivity index (χ3v) is 3.19. The van der Waals surface area contributed by atoms with Gasteiger partial charge in [0.15, 0.2) is 0 Å². The van der Waals surface area contributed by atoms with Crippen molar-refractivity contribution >= 4 is 23.5 Å². The van der Waals surface area contributed by atoms with E-state index in [1.54, 1.807) is 0 Å². The van der Waals surface area contributed by atoms with Gasteiger partial charge < -0.3 is 4.80 Å². The van der Waals surface area contributed by atoms with Crippen molar-refractivity contribution in [2.75, 3.05) is 0 Å². The average Bonchev–Trinajstić information content (AvgIpc) is 1.95. The molecule has 0 heterocycles. The second kappa shape index (κ2) is 3.70. The fourth-order valence-electron chi connectivity index (χ4n) is 0.701. The summed E-state index contributed by atoms with van der Waals surface area (Å²) in [6.45, 7) is 2.06. The van der Waals surface area contributed by atoms with E-state index in [1.807, 2.05) is 0 Å². The highest BCUT2D eigenvalue weighted by Crippen LogP contribution is 1.91. The normalized spacial score (nSPS) is 9.80. The van der Waals surface area contributed by atoms with Gasteiger partial charge in [0.1, 0.15) is 9.04 Å². The second-order valence-electron chi connectivity index (χ2n) is 2.10. The van der Waals surface area contributed by atoms with Gasteiger partial charge in [-0.05, 0) is 6.92 Å². The zero-order chi connectivity index (χ0) is 7.40. The highest BCUT2D eigenvalue weighted by atomic mass is 29.2. The first-order valence-electron chi connectivity index (χ1n) is 3.04. The van der Waals surface area contributed by atoms with E-state index >= 15 is 0 Å². The molecule has 0 atom stereocenters. The maximum absolute atomic E-state index is 8.63. The predicted molar refractivity (Wildman–Crippen MR) is 44.5 cm³/mol. The van der Waals surface area contributed by atoms with E-state index in [4.69, 9.17) is 4.80 Å². The molecule has 1 nitrogen and oxygen atoms in total. The summed E-state index contributed by atoms with van der Waals surface area (Å²) in [6.07, 6.45) is 0. The Morgan fingerprint density at radius 1 is 1.20 bits per heavy atom. The van der Waals surface area contributed by atoms with Gasteiger partial charge in [0.2, 0.25) is 9.28 Å². The van der Waals surface area contributed by atoms with Crippen LogP contribution in [0.1, 0.15) is 5.56 Å². The lowest BCUT2D eigenvalue weighted by molar-refractivity contribution is 0.621. The monoisotopic (exact) mass is 164 g/mol. The molecule has 0 amide bonds. The average molecular weight is 164 g/mol. The Balaban J connectivity index is 2.69. The number of hydrogen-bond donors (Lipinski definition) is 1. The molecule has 0 aliphatic carbocycles. The molecule has 0 aliphatic rings. The Labute approximate surface area is 65.7 Å². The van der Waals surface area contributed by atoms with Crippen LogP contribution in [-0.2, 0) is 0 Å². The molecule has 1 aromatic carbocycles. The number of aryl methyl sites for hydroxylation is 1. The minimum Gasteiger partial charge on any atom is -0.436 e. The minimum atomic E-state index is 0.0598. The predicted octanol–water partition coefficient (Wildman–Crippen LogP) is -0.149. The summed E-state index contributed by atoms with van der Waals surface area (Å²) in [4.78, 5) is 8.63. The van der Waals surface area contributed by atoms with Gasteiger partial charge in [0.25, 0.3) is 0 Å². The van der Waals surface area contributed by atoms with Gasteiger partial charge in [-0.15, -0.1) is 0 Å². The lowest BCUT2D eigenvalue weighted by Crippen LogP contribution is -2.19. The van der Waals surface area contributed by atoms with Crippen molar-refractivity contribution in [3.63, 3.8) is 0 Å². The van der Waals surface area contributed by atoms with Crippen LogP contribution in [0, 0.1) is 6.92 Å². The van der Waals surface area contributed by atoms with E-state index < -0.39 is 0 Å². The van der Waals surface area contributed by atoms with E-state index in [0.29, 0.717) is 9.04 Å². The Morgan fingerprint density at radius 2 is 1.80 bits per heavy atom. The van der Waals surface area contributed by atoms with Gasteiger partial charge in [-0.2, -0.15) is 0 Å². The number of benzene rings is 1. The van der Waals surface area contributed by atoms with Gasteiger partial charge in [0.05, 0.1) is 0 Å². The lowest BCUT2D eigenvalue weighted by Gasteiger charge is -1.94. The van der Waals surface area contributed by atoms with Crippen LogP contribution in [0.2, 0.25) is 0 Å².